The van der Waals surface area contributed by atoms with Crippen LogP contribution in [0.25, 0.3) is 0 Å². The number of rotatable bonds is 5. The van der Waals surface area contributed by atoms with Crippen molar-refractivity contribution >= 4 is 18.5 Å². The van der Waals surface area contributed by atoms with Crippen molar-refractivity contribution in [3.63, 3.8) is 0 Å². The summed E-state index contributed by atoms with van der Waals surface area (Å²) in [5.74, 6) is 1.36. The molecule has 0 aromatic heterocycles. The van der Waals surface area contributed by atoms with Gasteiger partial charge < -0.3 is 20.9 Å². The third-order valence-corrected chi connectivity index (χ3v) is 4.13. The van der Waals surface area contributed by atoms with Gasteiger partial charge in [-0.2, -0.15) is 0 Å². The Labute approximate surface area is 127 Å². The highest BCUT2D eigenvalue weighted by molar-refractivity contribution is 5.94. The molecule has 6 nitrogen and oxygen atoms in total. The van der Waals surface area contributed by atoms with E-state index in [-0.39, 0.29) is 6.41 Å². The summed E-state index contributed by atoms with van der Waals surface area (Å²) >= 11 is 0. The number of primary amides is 1. The first kappa shape index (κ1) is 17.4. The summed E-state index contributed by atoms with van der Waals surface area (Å²) < 4.78 is 0. The average molecular weight is 293 g/mol. The molecule has 1 saturated heterocycles. The van der Waals surface area contributed by atoms with Crippen LogP contribution in [-0.4, -0.2) is 60.5 Å². The predicted octanol–water partition coefficient (Wildman–Crippen LogP) is 1.08. The summed E-state index contributed by atoms with van der Waals surface area (Å²) in [5, 5.41) is 15.1. The SMILES string of the molecule is CCCN(C)C1CC2CC2N(C(=N)/C=C\C=N)C1.NC=O. The normalized spacial score (nSPS) is 26.8. The monoisotopic (exact) mass is 293 g/mol. The second-order valence-corrected chi connectivity index (χ2v) is 5.63. The molecule has 2 rings (SSSR count). The van der Waals surface area contributed by atoms with Crippen LogP contribution >= 0.6 is 0 Å². The Morgan fingerprint density at radius 3 is 2.71 bits per heavy atom. The van der Waals surface area contributed by atoms with Gasteiger partial charge in [0.25, 0.3) is 0 Å². The van der Waals surface area contributed by atoms with E-state index in [4.69, 9.17) is 15.6 Å². The molecule has 1 heterocycles. The lowest BCUT2D eigenvalue weighted by molar-refractivity contribution is -0.106. The molecule has 0 bridgehead atoms. The Morgan fingerprint density at radius 2 is 2.14 bits per heavy atom. The summed E-state index contributed by atoms with van der Waals surface area (Å²) in [6, 6.07) is 1.18. The summed E-state index contributed by atoms with van der Waals surface area (Å²) in [5.41, 5.74) is 4.17. The van der Waals surface area contributed by atoms with Gasteiger partial charge in [0.15, 0.2) is 0 Å². The van der Waals surface area contributed by atoms with Gasteiger partial charge in [0.2, 0.25) is 6.41 Å². The number of nitrogens with two attached hydrogens (primary N) is 1. The zero-order valence-corrected chi connectivity index (χ0v) is 13.0. The first-order valence-corrected chi connectivity index (χ1v) is 7.46. The van der Waals surface area contributed by atoms with E-state index in [0.29, 0.717) is 17.9 Å². The molecule has 4 N–H and O–H groups in total. The van der Waals surface area contributed by atoms with Gasteiger partial charge in [-0.3, -0.25) is 10.2 Å². The minimum Gasteiger partial charge on any atom is -0.372 e. The Kier molecular flexibility index (Phi) is 7.08. The van der Waals surface area contributed by atoms with Crippen molar-refractivity contribution in [2.24, 2.45) is 11.7 Å². The van der Waals surface area contributed by atoms with Crippen molar-refractivity contribution in [1.82, 2.24) is 9.80 Å². The first-order chi connectivity index (χ1) is 10.1. The van der Waals surface area contributed by atoms with E-state index in [1.54, 1.807) is 12.2 Å². The molecule has 118 valence electrons. The quantitative estimate of drug-likeness (QED) is 0.402. The van der Waals surface area contributed by atoms with Crippen LogP contribution in [0.1, 0.15) is 26.2 Å². The number of amides is 1. The second kappa shape index (κ2) is 8.56. The number of carbonyl (C=O) groups is 1. The average Bonchev–Trinajstić information content (AvgIpc) is 3.24. The molecule has 0 aromatic carbocycles. The zero-order valence-electron chi connectivity index (χ0n) is 13.0. The first-order valence-electron chi connectivity index (χ1n) is 7.46. The molecule has 1 saturated carbocycles. The number of piperidine rings is 1. The van der Waals surface area contributed by atoms with Gasteiger partial charge in [0.1, 0.15) is 5.84 Å². The molecule has 3 atom stereocenters. The van der Waals surface area contributed by atoms with E-state index in [9.17, 15) is 0 Å². The topological polar surface area (TPSA) is 97.3 Å². The van der Waals surface area contributed by atoms with Gasteiger partial charge in [0.05, 0.1) is 0 Å². The fourth-order valence-corrected chi connectivity index (χ4v) is 3.02. The number of likely N-dealkylation sites (N-methyl/N-ethyl adjacent to an activating group) is 1. The molecule has 2 aliphatic rings. The van der Waals surface area contributed by atoms with Crippen molar-refractivity contribution in [2.45, 2.75) is 38.3 Å². The number of allylic oxidation sites excluding steroid dienone is 1. The Hall–Kier alpha value is -1.69. The zero-order chi connectivity index (χ0) is 15.8. The third kappa shape index (κ3) is 4.97. The van der Waals surface area contributed by atoms with Crippen LogP contribution in [0.5, 0.6) is 0 Å². The number of amidine groups is 1. The van der Waals surface area contributed by atoms with Gasteiger partial charge in [-0.05, 0) is 50.9 Å². The maximum Gasteiger partial charge on any atom is 0.204 e. The maximum absolute atomic E-state index is 8.58. The van der Waals surface area contributed by atoms with Crippen LogP contribution in [0, 0.1) is 16.7 Å². The third-order valence-electron chi connectivity index (χ3n) is 4.13. The van der Waals surface area contributed by atoms with Crippen LogP contribution in [0.15, 0.2) is 12.2 Å². The molecule has 0 spiro atoms. The fraction of sp³-hybridized carbons (Fsp3) is 0.667. The van der Waals surface area contributed by atoms with Crippen LogP contribution < -0.4 is 5.73 Å². The number of nitrogens with one attached hydrogen (secondary N) is 2. The largest absolute Gasteiger partial charge is 0.372 e. The molecular weight excluding hydrogens is 266 g/mol. The highest BCUT2D eigenvalue weighted by Crippen LogP contribution is 2.44. The minimum atomic E-state index is 0.250. The van der Waals surface area contributed by atoms with Gasteiger partial charge in [-0.25, -0.2) is 0 Å². The molecule has 1 amide bonds. The van der Waals surface area contributed by atoms with E-state index >= 15 is 0 Å². The molecule has 3 unspecified atom stereocenters. The molecule has 0 aromatic rings. The summed E-state index contributed by atoms with van der Waals surface area (Å²) in [6.45, 7) is 4.32. The van der Waals surface area contributed by atoms with E-state index in [0.717, 1.165) is 19.0 Å². The van der Waals surface area contributed by atoms with E-state index in [1.807, 2.05) is 0 Å². The Balaban J connectivity index is 0.000000677. The maximum atomic E-state index is 8.58. The lowest BCUT2D eigenvalue weighted by Gasteiger charge is -2.38. The van der Waals surface area contributed by atoms with Gasteiger partial charge in [-0.1, -0.05) is 6.92 Å². The highest BCUT2D eigenvalue weighted by Gasteiger charge is 2.48. The second-order valence-electron chi connectivity index (χ2n) is 5.63. The lowest BCUT2D eigenvalue weighted by atomic mass is 10.0. The van der Waals surface area contributed by atoms with Crippen molar-refractivity contribution < 1.29 is 4.79 Å². The standard InChI is InChI=1S/C14H24N4.CH3NO/c1-3-7-17(2)12-8-11-9-13(11)18(10-12)14(16)5-4-6-15;2-1-3/h4-6,11-13,15-16H,3,7-10H2,1-2H3;1H,(H2,2,3)/b5-4-,15-6?,16-14?;. The van der Waals surface area contributed by atoms with E-state index < -0.39 is 0 Å². The molecule has 21 heavy (non-hydrogen) atoms. The van der Waals surface area contributed by atoms with Crippen LogP contribution in [0.2, 0.25) is 0 Å². The van der Waals surface area contributed by atoms with Crippen LogP contribution in [0.3, 0.4) is 0 Å². The number of nitrogens with zero attached hydrogens (tertiary/aromatic N) is 2. The van der Waals surface area contributed by atoms with Crippen LogP contribution in [0.4, 0.5) is 0 Å². The molecule has 1 aliphatic carbocycles. The lowest BCUT2D eigenvalue weighted by Crippen LogP contribution is -2.49. The Bertz CT molecular complexity index is 396. The van der Waals surface area contributed by atoms with E-state index in [1.165, 1.54) is 25.5 Å². The predicted molar refractivity (Wildman–Crippen MR) is 85.8 cm³/mol. The van der Waals surface area contributed by atoms with Gasteiger partial charge in [-0.15, -0.1) is 0 Å². The fourth-order valence-electron chi connectivity index (χ4n) is 3.02. The number of hydrogen-bond donors (Lipinski definition) is 3. The number of likely N-dealkylation sites (tertiary alicyclic amines) is 1. The van der Waals surface area contributed by atoms with Crippen molar-refractivity contribution in [3.8, 4) is 0 Å². The van der Waals surface area contributed by atoms with Crippen molar-refractivity contribution in [2.75, 3.05) is 20.1 Å². The van der Waals surface area contributed by atoms with Crippen molar-refractivity contribution in [1.29, 1.82) is 10.8 Å². The minimum absolute atomic E-state index is 0.250. The smallest absolute Gasteiger partial charge is 0.204 e. The van der Waals surface area contributed by atoms with Crippen LogP contribution in [-0.2, 0) is 4.79 Å². The number of carbonyl (C=O) groups excluding carboxylic acids is 1. The van der Waals surface area contributed by atoms with E-state index in [2.05, 4.69) is 29.5 Å². The molecule has 0 radical (unpaired) electrons. The van der Waals surface area contributed by atoms with Gasteiger partial charge in [0, 0.05) is 24.8 Å². The summed E-state index contributed by atoms with van der Waals surface area (Å²) in [7, 11) is 2.20. The number of hydrogen-bond acceptors (Lipinski definition) is 4. The molecule has 6 heteroatoms. The van der Waals surface area contributed by atoms with Gasteiger partial charge >= 0.3 is 0 Å². The summed E-state index contributed by atoms with van der Waals surface area (Å²) in [4.78, 5) is 13.3. The highest BCUT2D eigenvalue weighted by atomic mass is 16.1. The number of fused-ring (bicyclic) bond motifs is 1. The summed E-state index contributed by atoms with van der Waals surface area (Å²) in [6.07, 6.45) is 8.59. The molecule has 1 aliphatic heterocycles. The Morgan fingerprint density at radius 1 is 1.48 bits per heavy atom. The molecular formula is C15H27N5O. The molecule has 2 fully saturated rings. The van der Waals surface area contributed by atoms with Crippen molar-refractivity contribution in [3.05, 3.63) is 12.2 Å².